The van der Waals surface area contributed by atoms with Crippen LogP contribution in [0.1, 0.15) is 37.3 Å². The van der Waals surface area contributed by atoms with Gasteiger partial charge < -0.3 is 5.11 Å². The fraction of sp³-hybridized carbons (Fsp3) is 0.533. The highest BCUT2D eigenvalue weighted by Crippen LogP contribution is 2.15. The van der Waals surface area contributed by atoms with Crippen LogP contribution in [0.15, 0.2) is 23.1 Å². The number of carboxylic acid groups (broad SMARTS) is 1. The number of benzene rings is 1. The maximum Gasteiger partial charge on any atom is 0.303 e. The molecule has 5 nitrogen and oxygen atoms in total. The Morgan fingerprint density at radius 1 is 1.19 bits per heavy atom. The minimum absolute atomic E-state index is 0.116. The Labute approximate surface area is 126 Å². The van der Waals surface area contributed by atoms with Crippen molar-refractivity contribution in [2.75, 3.05) is 6.54 Å². The lowest BCUT2D eigenvalue weighted by Crippen LogP contribution is -2.26. The molecule has 6 heteroatoms. The number of aryl methyl sites for hydroxylation is 2. The van der Waals surface area contributed by atoms with Gasteiger partial charge in [-0.1, -0.05) is 13.0 Å². The molecule has 21 heavy (non-hydrogen) atoms. The fourth-order valence-electron chi connectivity index (χ4n) is 2.13. The van der Waals surface area contributed by atoms with Gasteiger partial charge in [0, 0.05) is 13.0 Å². The summed E-state index contributed by atoms with van der Waals surface area (Å²) in [6, 6.07) is 5.21. The van der Waals surface area contributed by atoms with E-state index in [1.54, 1.807) is 12.1 Å². The lowest BCUT2D eigenvalue weighted by Gasteiger charge is -2.12. The van der Waals surface area contributed by atoms with E-state index in [9.17, 15) is 13.2 Å². The Bertz CT molecular complexity index is 575. The molecular formula is C15H23NO4S. The van der Waals surface area contributed by atoms with Gasteiger partial charge in [-0.2, -0.15) is 0 Å². The quantitative estimate of drug-likeness (QED) is 0.772. The first-order valence-electron chi connectivity index (χ1n) is 7.00. The molecule has 1 aromatic rings. The summed E-state index contributed by atoms with van der Waals surface area (Å²) < 4.78 is 26.9. The number of carboxylic acids is 1. The highest BCUT2D eigenvalue weighted by Gasteiger charge is 2.15. The molecule has 2 N–H and O–H groups in total. The zero-order chi connectivity index (χ0) is 16.0. The average molecular weight is 313 g/mol. The Kier molecular flexibility index (Phi) is 6.36. The maximum atomic E-state index is 12.2. The molecule has 0 radical (unpaired) electrons. The third kappa shape index (κ3) is 6.27. The molecule has 0 aliphatic rings. The van der Waals surface area contributed by atoms with E-state index in [1.807, 2.05) is 26.8 Å². The normalized spacial score (nSPS) is 13.1. The van der Waals surface area contributed by atoms with E-state index in [0.29, 0.717) is 19.4 Å². The monoisotopic (exact) mass is 313 g/mol. The van der Waals surface area contributed by atoms with Crippen molar-refractivity contribution in [3.05, 3.63) is 29.3 Å². The van der Waals surface area contributed by atoms with Gasteiger partial charge in [0.15, 0.2) is 0 Å². The summed E-state index contributed by atoms with van der Waals surface area (Å²) in [4.78, 5) is 10.8. The van der Waals surface area contributed by atoms with E-state index >= 15 is 0 Å². The molecule has 0 saturated heterocycles. The van der Waals surface area contributed by atoms with Gasteiger partial charge in [-0.25, -0.2) is 13.1 Å². The number of sulfonamides is 1. The van der Waals surface area contributed by atoms with E-state index < -0.39 is 16.0 Å². The zero-order valence-electron chi connectivity index (χ0n) is 12.7. The first kappa shape index (κ1) is 17.7. The molecule has 0 spiro atoms. The Hall–Kier alpha value is -1.40. The highest BCUT2D eigenvalue weighted by molar-refractivity contribution is 7.89. The lowest BCUT2D eigenvalue weighted by molar-refractivity contribution is -0.137. The van der Waals surface area contributed by atoms with Crippen molar-refractivity contribution in [1.29, 1.82) is 0 Å². The van der Waals surface area contributed by atoms with Crippen LogP contribution in [0, 0.1) is 19.8 Å². The summed E-state index contributed by atoms with van der Waals surface area (Å²) in [6.45, 7) is 5.96. The van der Waals surface area contributed by atoms with Gasteiger partial charge in [-0.15, -0.1) is 0 Å². The van der Waals surface area contributed by atoms with Crippen molar-refractivity contribution >= 4 is 16.0 Å². The summed E-state index contributed by atoms with van der Waals surface area (Å²) in [5.41, 5.74) is 1.82. The summed E-state index contributed by atoms with van der Waals surface area (Å²) in [5.74, 6) is -0.652. The second kappa shape index (κ2) is 7.56. The first-order valence-corrected chi connectivity index (χ1v) is 8.49. The van der Waals surface area contributed by atoms with Crippen molar-refractivity contribution in [2.45, 2.75) is 44.9 Å². The summed E-state index contributed by atoms with van der Waals surface area (Å²) in [5, 5.41) is 8.61. The van der Waals surface area contributed by atoms with Gasteiger partial charge in [0.1, 0.15) is 0 Å². The van der Waals surface area contributed by atoms with Crippen LogP contribution in [0.3, 0.4) is 0 Å². The second-order valence-corrected chi connectivity index (χ2v) is 7.31. The molecule has 0 heterocycles. The Morgan fingerprint density at radius 2 is 1.76 bits per heavy atom. The van der Waals surface area contributed by atoms with Crippen LogP contribution < -0.4 is 4.72 Å². The van der Waals surface area contributed by atoms with Crippen LogP contribution in [0.5, 0.6) is 0 Å². The van der Waals surface area contributed by atoms with Crippen LogP contribution in [0.4, 0.5) is 0 Å². The van der Waals surface area contributed by atoms with Crippen molar-refractivity contribution in [2.24, 2.45) is 5.92 Å². The molecule has 118 valence electrons. The van der Waals surface area contributed by atoms with E-state index in [0.717, 1.165) is 11.1 Å². The van der Waals surface area contributed by atoms with Crippen molar-refractivity contribution in [3.8, 4) is 0 Å². The summed E-state index contributed by atoms with van der Waals surface area (Å²) >= 11 is 0. The van der Waals surface area contributed by atoms with Gasteiger partial charge in [-0.3, -0.25) is 4.79 Å². The average Bonchev–Trinajstić information content (AvgIpc) is 2.35. The number of aliphatic carboxylic acids is 1. The van der Waals surface area contributed by atoms with Gasteiger partial charge in [0.05, 0.1) is 4.90 Å². The Balaban J connectivity index is 2.55. The summed E-state index contributed by atoms with van der Waals surface area (Å²) in [6.07, 6.45) is 1.29. The summed E-state index contributed by atoms with van der Waals surface area (Å²) in [7, 11) is -3.50. The van der Waals surface area contributed by atoms with Crippen molar-refractivity contribution in [1.82, 2.24) is 4.72 Å². The van der Waals surface area contributed by atoms with Crippen molar-refractivity contribution < 1.29 is 18.3 Å². The molecular weight excluding hydrogens is 290 g/mol. The first-order chi connectivity index (χ1) is 9.70. The van der Waals surface area contributed by atoms with Gasteiger partial charge >= 0.3 is 5.97 Å². The largest absolute Gasteiger partial charge is 0.481 e. The fourth-order valence-corrected chi connectivity index (χ4v) is 3.36. The smallest absolute Gasteiger partial charge is 0.303 e. The van der Waals surface area contributed by atoms with Gasteiger partial charge in [-0.05, 0) is 55.9 Å². The predicted octanol–water partition coefficient (Wildman–Crippen LogP) is 2.47. The predicted molar refractivity (Wildman–Crippen MR) is 81.8 cm³/mol. The molecule has 1 unspecified atom stereocenters. The molecule has 1 atom stereocenters. The molecule has 0 aliphatic carbocycles. The molecule has 0 aromatic heterocycles. The molecule has 1 aromatic carbocycles. The number of carbonyl (C=O) groups is 1. The number of hydrogen-bond acceptors (Lipinski definition) is 3. The molecule has 0 aliphatic heterocycles. The van der Waals surface area contributed by atoms with Crippen LogP contribution in [0.25, 0.3) is 0 Å². The van der Waals surface area contributed by atoms with E-state index in [-0.39, 0.29) is 17.2 Å². The van der Waals surface area contributed by atoms with E-state index in [2.05, 4.69) is 4.72 Å². The molecule has 0 bridgehead atoms. The third-order valence-corrected chi connectivity index (χ3v) is 4.73. The van der Waals surface area contributed by atoms with Crippen LogP contribution >= 0.6 is 0 Å². The van der Waals surface area contributed by atoms with Crippen LogP contribution in [-0.2, 0) is 14.8 Å². The van der Waals surface area contributed by atoms with E-state index in [1.165, 1.54) is 0 Å². The van der Waals surface area contributed by atoms with E-state index in [4.69, 9.17) is 5.11 Å². The third-order valence-electron chi connectivity index (χ3n) is 3.29. The Morgan fingerprint density at radius 3 is 2.29 bits per heavy atom. The number of hydrogen-bond donors (Lipinski definition) is 2. The zero-order valence-corrected chi connectivity index (χ0v) is 13.5. The van der Waals surface area contributed by atoms with Gasteiger partial charge in [0.2, 0.25) is 10.0 Å². The highest BCUT2D eigenvalue weighted by atomic mass is 32.2. The SMILES string of the molecule is Cc1cc(C)cc(S(=O)(=O)NCCC(C)CCC(=O)O)c1. The standard InChI is InChI=1S/C15H23NO4S/c1-11(4-5-15(17)18)6-7-16-21(19,20)14-9-12(2)8-13(3)10-14/h8-11,16H,4-7H2,1-3H3,(H,17,18). The molecule has 0 saturated carbocycles. The van der Waals surface area contributed by atoms with Crippen LogP contribution in [-0.4, -0.2) is 26.0 Å². The molecule has 1 rings (SSSR count). The maximum absolute atomic E-state index is 12.2. The topological polar surface area (TPSA) is 83.5 Å². The van der Waals surface area contributed by atoms with Gasteiger partial charge in [0.25, 0.3) is 0 Å². The lowest BCUT2D eigenvalue weighted by atomic mass is 10.0. The molecule has 0 fully saturated rings. The minimum atomic E-state index is -3.50. The molecule has 0 amide bonds. The number of nitrogens with one attached hydrogen (secondary N) is 1. The number of rotatable bonds is 8. The second-order valence-electron chi connectivity index (χ2n) is 5.55. The van der Waals surface area contributed by atoms with Crippen LogP contribution in [0.2, 0.25) is 0 Å². The van der Waals surface area contributed by atoms with Crippen molar-refractivity contribution in [3.63, 3.8) is 0 Å². The minimum Gasteiger partial charge on any atom is -0.481 e.